The maximum atomic E-state index is 12.5. The van der Waals surface area contributed by atoms with Gasteiger partial charge in [-0.3, -0.25) is 0 Å². The summed E-state index contributed by atoms with van der Waals surface area (Å²) in [6.45, 7) is 0. The molecule has 0 radical (unpaired) electrons. The standard InChI is InChI=1S/C10H6ClF7/c11-7(5-1-3-6(12)4-2-5)8(9(13,14)15)10(16,17)18/h1-4,7-8H. The van der Waals surface area contributed by atoms with E-state index in [0.29, 0.717) is 0 Å². The maximum absolute atomic E-state index is 12.5. The highest BCUT2D eigenvalue weighted by molar-refractivity contribution is 6.21. The Morgan fingerprint density at radius 3 is 1.56 bits per heavy atom. The van der Waals surface area contributed by atoms with Crippen molar-refractivity contribution in [3.8, 4) is 0 Å². The Hall–Kier alpha value is -0.980. The Morgan fingerprint density at radius 1 is 0.833 bits per heavy atom. The van der Waals surface area contributed by atoms with Gasteiger partial charge in [0.2, 0.25) is 0 Å². The molecular weight excluding hydrogens is 289 g/mol. The highest BCUT2D eigenvalue weighted by atomic mass is 35.5. The van der Waals surface area contributed by atoms with Gasteiger partial charge >= 0.3 is 12.4 Å². The van der Waals surface area contributed by atoms with Crippen LogP contribution in [0.3, 0.4) is 0 Å². The summed E-state index contributed by atoms with van der Waals surface area (Å²) in [7, 11) is 0. The molecule has 0 nitrogen and oxygen atoms in total. The van der Waals surface area contributed by atoms with Gasteiger partial charge in [0.05, 0.1) is 5.38 Å². The van der Waals surface area contributed by atoms with Crippen LogP contribution in [-0.4, -0.2) is 12.4 Å². The minimum atomic E-state index is -5.53. The molecule has 0 N–H and O–H groups in total. The summed E-state index contributed by atoms with van der Waals surface area (Å²) in [5.41, 5.74) is -0.447. The molecule has 0 aromatic heterocycles. The van der Waals surface area contributed by atoms with Crippen LogP contribution in [0.15, 0.2) is 24.3 Å². The molecule has 0 aliphatic rings. The molecule has 0 heterocycles. The quantitative estimate of drug-likeness (QED) is 0.540. The Labute approximate surface area is 102 Å². The summed E-state index contributed by atoms with van der Waals surface area (Å²) >= 11 is 5.23. The third-order valence-electron chi connectivity index (χ3n) is 2.19. The van der Waals surface area contributed by atoms with Gasteiger partial charge in [-0.1, -0.05) is 12.1 Å². The molecule has 1 atom stereocenters. The first-order valence-electron chi connectivity index (χ1n) is 4.56. The van der Waals surface area contributed by atoms with E-state index in [1.54, 1.807) is 0 Å². The number of benzene rings is 1. The Balaban J connectivity index is 3.11. The normalized spacial score (nSPS) is 14.9. The lowest BCUT2D eigenvalue weighted by molar-refractivity contribution is -0.284. The topological polar surface area (TPSA) is 0 Å². The predicted octanol–water partition coefficient (Wildman–Crippen LogP) is 4.85. The van der Waals surface area contributed by atoms with Crippen LogP contribution in [0.25, 0.3) is 0 Å². The number of hydrogen-bond acceptors (Lipinski definition) is 0. The van der Waals surface area contributed by atoms with Gasteiger partial charge in [-0.15, -0.1) is 11.6 Å². The SMILES string of the molecule is Fc1ccc(C(Cl)C(C(F)(F)F)C(F)(F)F)cc1. The third kappa shape index (κ3) is 3.51. The largest absolute Gasteiger partial charge is 0.402 e. The van der Waals surface area contributed by atoms with E-state index in [2.05, 4.69) is 0 Å². The van der Waals surface area contributed by atoms with E-state index in [-0.39, 0.29) is 0 Å². The van der Waals surface area contributed by atoms with Crippen molar-refractivity contribution in [1.29, 1.82) is 0 Å². The number of rotatable bonds is 2. The van der Waals surface area contributed by atoms with Crippen molar-refractivity contribution in [1.82, 2.24) is 0 Å². The van der Waals surface area contributed by atoms with Gasteiger partial charge in [0.1, 0.15) is 5.82 Å². The van der Waals surface area contributed by atoms with E-state index >= 15 is 0 Å². The first-order chi connectivity index (χ1) is 8.03. The van der Waals surface area contributed by atoms with Crippen molar-refractivity contribution in [2.75, 3.05) is 0 Å². The zero-order valence-corrected chi connectivity index (χ0v) is 9.24. The molecule has 102 valence electrons. The minimum Gasteiger partial charge on any atom is -0.207 e. The molecule has 1 unspecified atom stereocenters. The molecule has 0 aliphatic heterocycles. The molecule has 1 aromatic rings. The molecule has 1 rings (SSSR count). The molecular formula is C10H6ClF7. The molecule has 8 heteroatoms. The first-order valence-corrected chi connectivity index (χ1v) is 5.00. The lowest BCUT2D eigenvalue weighted by Gasteiger charge is -2.27. The van der Waals surface area contributed by atoms with Gasteiger partial charge in [-0.05, 0) is 17.7 Å². The van der Waals surface area contributed by atoms with Crippen LogP contribution in [0, 0.1) is 11.7 Å². The van der Waals surface area contributed by atoms with Crippen LogP contribution in [0.1, 0.15) is 10.9 Å². The lowest BCUT2D eigenvalue weighted by Crippen LogP contribution is -2.39. The average molecular weight is 295 g/mol. The van der Waals surface area contributed by atoms with Crippen LogP contribution in [-0.2, 0) is 0 Å². The van der Waals surface area contributed by atoms with Crippen molar-refractivity contribution in [3.05, 3.63) is 35.6 Å². The average Bonchev–Trinajstić information content (AvgIpc) is 2.13. The maximum Gasteiger partial charge on any atom is 0.402 e. The molecule has 1 aromatic carbocycles. The van der Waals surface area contributed by atoms with Crippen molar-refractivity contribution >= 4 is 11.6 Å². The van der Waals surface area contributed by atoms with E-state index in [0.717, 1.165) is 24.3 Å². The zero-order chi connectivity index (χ0) is 14.1. The monoisotopic (exact) mass is 294 g/mol. The number of hydrogen-bond donors (Lipinski definition) is 0. The van der Waals surface area contributed by atoms with Gasteiger partial charge in [0, 0.05) is 0 Å². The molecule has 0 bridgehead atoms. The zero-order valence-electron chi connectivity index (χ0n) is 8.49. The Morgan fingerprint density at radius 2 is 1.22 bits per heavy atom. The summed E-state index contributed by atoms with van der Waals surface area (Å²) in [6, 6.07) is 3.07. The van der Waals surface area contributed by atoms with Gasteiger partial charge in [-0.25, -0.2) is 4.39 Å². The second-order valence-corrected chi connectivity index (χ2v) is 3.98. The van der Waals surface area contributed by atoms with Crippen LogP contribution in [0.2, 0.25) is 0 Å². The Bertz CT molecular complexity index is 378. The van der Waals surface area contributed by atoms with E-state index in [1.807, 2.05) is 0 Å². The van der Waals surface area contributed by atoms with Crippen molar-refractivity contribution in [2.45, 2.75) is 17.7 Å². The number of alkyl halides is 7. The summed E-state index contributed by atoms with van der Waals surface area (Å²) in [4.78, 5) is 0. The van der Waals surface area contributed by atoms with E-state index in [9.17, 15) is 30.7 Å². The highest BCUT2D eigenvalue weighted by Gasteiger charge is 2.60. The van der Waals surface area contributed by atoms with Crippen LogP contribution in [0.4, 0.5) is 30.7 Å². The summed E-state index contributed by atoms with van der Waals surface area (Å²) in [6.07, 6.45) is -11.1. The number of halogens is 8. The second kappa shape index (κ2) is 4.95. The molecule has 0 saturated carbocycles. The molecule has 0 aliphatic carbocycles. The van der Waals surface area contributed by atoms with Crippen molar-refractivity contribution < 1.29 is 30.7 Å². The van der Waals surface area contributed by atoms with Crippen LogP contribution >= 0.6 is 11.6 Å². The fourth-order valence-corrected chi connectivity index (χ4v) is 1.79. The molecule has 0 spiro atoms. The molecule has 0 saturated heterocycles. The van der Waals surface area contributed by atoms with Crippen molar-refractivity contribution in [2.24, 2.45) is 5.92 Å². The first kappa shape index (κ1) is 15.1. The van der Waals surface area contributed by atoms with E-state index < -0.39 is 35.0 Å². The molecule has 18 heavy (non-hydrogen) atoms. The lowest BCUT2D eigenvalue weighted by atomic mass is 9.97. The fourth-order valence-electron chi connectivity index (χ4n) is 1.36. The predicted molar refractivity (Wildman–Crippen MR) is 50.6 cm³/mol. The second-order valence-electron chi connectivity index (χ2n) is 3.51. The fraction of sp³-hybridized carbons (Fsp3) is 0.400. The van der Waals surface area contributed by atoms with Gasteiger partial charge in [-0.2, -0.15) is 26.3 Å². The van der Waals surface area contributed by atoms with Crippen molar-refractivity contribution in [3.63, 3.8) is 0 Å². The molecule has 0 fully saturated rings. The summed E-state index contributed by atoms with van der Waals surface area (Å²) < 4.78 is 86.6. The van der Waals surface area contributed by atoms with E-state index in [4.69, 9.17) is 11.6 Å². The van der Waals surface area contributed by atoms with Crippen LogP contribution in [0.5, 0.6) is 0 Å². The summed E-state index contributed by atoms with van der Waals surface area (Å²) in [5.74, 6) is -4.48. The van der Waals surface area contributed by atoms with Gasteiger partial charge in [0.25, 0.3) is 0 Å². The summed E-state index contributed by atoms with van der Waals surface area (Å²) in [5, 5.41) is -2.36. The van der Waals surface area contributed by atoms with Crippen LogP contribution < -0.4 is 0 Å². The van der Waals surface area contributed by atoms with E-state index in [1.165, 1.54) is 0 Å². The minimum absolute atomic E-state index is 0.447. The third-order valence-corrected chi connectivity index (χ3v) is 2.69. The smallest absolute Gasteiger partial charge is 0.207 e. The molecule has 0 amide bonds. The Kier molecular flexibility index (Phi) is 4.15. The highest BCUT2D eigenvalue weighted by Crippen LogP contribution is 2.49. The van der Waals surface area contributed by atoms with Gasteiger partial charge in [0.15, 0.2) is 5.92 Å². The van der Waals surface area contributed by atoms with Gasteiger partial charge < -0.3 is 0 Å².